The molecule has 3 aromatic carbocycles. The van der Waals surface area contributed by atoms with E-state index in [0.29, 0.717) is 91.6 Å². The molecule has 0 aliphatic heterocycles. The molecule has 12 heteroatoms. The minimum atomic E-state index is 0.415. The maximum Gasteiger partial charge on any atom is 0.156 e. The number of nitrogens with one attached hydrogen (secondary N) is 1. The number of aromatic nitrogens is 2. The molecule has 0 atom stereocenters. The molecule has 0 bridgehead atoms. The van der Waals surface area contributed by atoms with Crippen molar-refractivity contribution in [3.8, 4) is 28.4 Å². The van der Waals surface area contributed by atoms with E-state index in [1.54, 1.807) is 21.3 Å². The van der Waals surface area contributed by atoms with Gasteiger partial charge in [0, 0.05) is 41.6 Å². The Morgan fingerprint density at radius 1 is 0.571 bits per heavy atom. The number of nitrogens with zero attached hydrogens (tertiary/aromatic N) is 2. The average molecular weight is 680 g/mol. The van der Waals surface area contributed by atoms with Crippen LogP contribution in [0.1, 0.15) is 11.3 Å². The molecule has 0 fully saturated rings. The Labute approximate surface area is 288 Å². The Hall–Kier alpha value is -4.04. The van der Waals surface area contributed by atoms with Crippen molar-refractivity contribution in [3.05, 3.63) is 71.9 Å². The number of benzene rings is 3. The first kappa shape index (κ1) is 37.8. The minimum Gasteiger partial charge on any atom is -0.497 e. The summed E-state index contributed by atoms with van der Waals surface area (Å²) in [4.78, 5) is 0. The number of ether oxygens (including phenoxy) is 9. The van der Waals surface area contributed by atoms with Crippen LogP contribution >= 0.6 is 0 Å². The number of hydrogen-bond donors (Lipinski definition) is 1. The molecule has 1 N–H and O–H groups in total. The molecular weight excluding hydrogens is 630 g/mol. The lowest BCUT2D eigenvalue weighted by atomic mass is 10.0. The summed E-state index contributed by atoms with van der Waals surface area (Å²) >= 11 is 0. The highest BCUT2D eigenvalue weighted by molar-refractivity contribution is 5.96. The van der Waals surface area contributed by atoms with Gasteiger partial charge in [-0.25, -0.2) is 0 Å². The molecule has 266 valence electrons. The predicted molar refractivity (Wildman–Crippen MR) is 188 cm³/mol. The molecular formula is C37H49N3O9. The predicted octanol–water partition coefficient (Wildman–Crippen LogP) is 5.34. The number of methoxy groups -OCH3 is 3. The van der Waals surface area contributed by atoms with E-state index >= 15 is 0 Å². The Balaban J connectivity index is 1.18. The lowest BCUT2D eigenvalue weighted by Gasteiger charge is -2.15. The number of anilines is 1. The molecule has 0 saturated carbocycles. The third-order valence-corrected chi connectivity index (χ3v) is 7.51. The summed E-state index contributed by atoms with van der Waals surface area (Å²) in [5.41, 5.74) is 3.84. The first-order valence-corrected chi connectivity index (χ1v) is 16.5. The maximum absolute atomic E-state index is 6.14. The Bertz CT molecular complexity index is 1540. The summed E-state index contributed by atoms with van der Waals surface area (Å²) in [7, 11) is 4.93. The van der Waals surface area contributed by atoms with Crippen LogP contribution in [0, 0.1) is 6.92 Å². The van der Waals surface area contributed by atoms with Gasteiger partial charge in [-0.2, -0.15) is 5.10 Å². The molecule has 12 nitrogen and oxygen atoms in total. The smallest absolute Gasteiger partial charge is 0.156 e. The van der Waals surface area contributed by atoms with Crippen molar-refractivity contribution in [2.24, 2.45) is 0 Å². The van der Waals surface area contributed by atoms with Gasteiger partial charge in [-0.3, -0.25) is 0 Å². The Kier molecular flexibility index (Phi) is 16.8. The van der Waals surface area contributed by atoms with Crippen LogP contribution < -0.4 is 19.5 Å². The molecule has 0 aliphatic carbocycles. The molecule has 1 aromatic heterocycles. The van der Waals surface area contributed by atoms with Crippen molar-refractivity contribution in [3.63, 3.8) is 0 Å². The van der Waals surface area contributed by atoms with E-state index in [0.717, 1.165) is 50.4 Å². The second-order valence-electron chi connectivity index (χ2n) is 10.8. The lowest BCUT2D eigenvalue weighted by molar-refractivity contribution is -0.0159. The van der Waals surface area contributed by atoms with Crippen LogP contribution in [0.2, 0.25) is 0 Å². The first-order chi connectivity index (χ1) is 24.1. The van der Waals surface area contributed by atoms with E-state index < -0.39 is 0 Å². The van der Waals surface area contributed by atoms with E-state index in [9.17, 15) is 0 Å². The van der Waals surface area contributed by atoms with Gasteiger partial charge in [-0.1, -0.05) is 24.3 Å². The van der Waals surface area contributed by atoms with Crippen molar-refractivity contribution in [2.75, 3.05) is 106 Å². The standard InChI is InChI=1S/C37H49N3O9/c1-28-34-25-29(10-12-33(34)37(40-39-28)38-27-30-9-11-31(42-3)26-36(30)43-4)32-7-5-6-8-35(32)49-24-23-48-22-21-47-20-19-46-18-17-45-16-15-44-14-13-41-2/h5-12,25-26H,13-24,27H2,1-4H3,(H,38,40). The molecule has 0 unspecified atom stereocenters. The monoisotopic (exact) mass is 679 g/mol. The van der Waals surface area contributed by atoms with Crippen molar-refractivity contribution >= 4 is 16.6 Å². The zero-order valence-corrected chi connectivity index (χ0v) is 29.0. The summed E-state index contributed by atoms with van der Waals surface area (Å²) in [6.07, 6.45) is 0. The van der Waals surface area contributed by atoms with Gasteiger partial charge in [0.1, 0.15) is 23.9 Å². The van der Waals surface area contributed by atoms with Gasteiger partial charge in [0.2, 0.25) is 0 Å². The first-order valence-electron chi connectivity index (χ1n) is 16.5. The maximum atomic E-state index is 6.14. The lowest BCUT2D eigenvalue weighted by Crippen LogP contribution is -2.14. The summed E-state index contributed by atoms with van der Waals surface area (Å²) in [6.45, 7) is 8.60. The van der Waals surface area contributed by atoms with Gasteiger partial charge in [0.05, 0.1) is 92.6 Å². The molecule has 0 spiro atoms. The third-order valence-electron chi connectivity index (χ3n) is 7.51. The van der Waals surface area contributed by atoms with Crippen LogP contribution in [0.15, 0.2) is 60.7 Å². The van der Waals surface area contributed by atoms with Gasteiger partial charge < -0.3 is 47.9 Å². The molecule has 0 radical (unpaired) electrons. The van der Waals surface area contributed by atoms with Gasteiger partial charge in [0.25, 0.3) is 0 Å². The zero-order valence-electron chi connectivity index (χ0n) is 29.0. The zero-order chi connectivity index (χ0) is 34.5. The Morgan fingerprint density at radius 2 is 1.20 bits per heavy atom. The van der Waals surface area contributed by atoms with E-state index in [1.807, 2.05) is 43.3 Å². The van der Waals surface area contributed by atoms with Crippen molar-refractivity contribution in [2.45, 2.75) is 13.5 Å². The second-order valence-corrected chi connectivity index (χ2v) is 10.8. The van der Waals surface area contributed by atoms with E-state index in [2.05, 4.69) is 39.8 Å². The summed E-state index contributed by atoms with van der Waals surface area (Å²) in [6, 6.07) is 20.0. The molecule has 0 amide bonds. The number of fused-ring (bicyclic) bond motifs is 1. The number of aryl methyl sites for hydroxylation is 1. The molecule has 1 heterocycles. The van der Waals surface area contributed by atoms with Crippen LogP contribution in [0.3, 0.4) is 0 Å². The van der Waals surface area contributed by atoms with Gasteiger partial charge in [0.15, 0.2) is 5.82 Å². The summed E-state index contributed by atoms with van der Waals surface area (Å²) in [5, 5.41) is 14.3. The number of para-hydroxylation sites is 1. The quantitative estimate of drug-likeness (QED) is 0.0911. The van der Waals surface area contributed by atoms with Crippen LogP contribution in [0.5, 0.6) is 17.2 Å². The number of rotatable bonds is 25. The van der Waals surface area contributed by atoms with Crippen molar-refractivity contribution in [1.82, 2.24) is 10.2 Å². The fourth-order valence-electron chi connectivity index (χ4n) is 4.92. The average Bonchev–Trinajstić information content (AvgIpc) is 3.14. The van der Waals surface area contributed by atoms with Crippen LogP contribution in [-0.2, 0) is 35.0 Å². The molecule has 0 saturated heterocycles. The summed E-state index contributed by atoms with van der Waals surface area (Å²) in [5.74, 6) is 2.96. The van der Waals surface area contributed by atoms with Crippen LogP contribution in [0.25, 0.3) is 21.9 Å². The van der Waals surface area contributed by atoms with Crippen LogP contribution in [0.4, 0.5) is 5.82 Å². The fourth-order valence-corrected chi connectivity index (χ4v) is 4.92. The van der Waals surface area contributed by atoms with E-state index in [4.69, 9.17) is 42.6 Å². The summed E-state index contributed by atoms with van der Waals surface area (Å²) < 4.78 is 49.5. The highest BCUT2D eigenvalue weighted by atomic mass is 16.6. The molecule has 4 aromatic rings. The molecule has 4 rings (SSSR count). The van der Waals surface area contributed by atoms with E-state index in [-0.39, 0.29) is 0 Å². The third kappa shape index (κ3) is 12.4. The van der Waals surface area contributed by atoms with Gasteiger partial charge in [-0.15, -0.1) is 5.10 Å². The topological polar surface area (TPSA) is 121 Å². The Morgan fingerprint density at radius 3 is 1.84 bits per heavy atom. The van der Waals surface area contributed by atoms with Crippen molar-refractivity contribution in [1.29, 1.82) is 0 Å². The van der Waals surface area contributed by atoms with Gasteiger partial charge in [-0.05, 0) is 42.8 Å². The second kappa shape index (κ2) is 21.8. The molecule has 49 heavy (non-hydrogen) atoms. The SMILES string of the molecule is COCCOCCOCCOCCOCCOCCOc1ccccc1-c1ccc2c(NCc3ccc(OC)cc3OC)nnc(C)c2c1. The normalized spacial score (nSPS) is 11.2. The van der Waals surface area contributed by atoms with Crippen molar-refractivity contribution < 1.29 is 42.6 Å². The highest BCUT2D eigenvalue weighted by Gasteiger charge is 2.13. The van der Waals surface area contributed by atoms with Crippen LogP contribution in [-0.4, -0.2) is 111 Å². The largest absolute Gasteiger partial charge is 0.497 e. The number of hydrogen-bond acceptors (Lipinski definition) is 12. The van der Waals surface area contributed by atoms with E-state index in [1.165, 1.54) is 0 Å². The highest BCUT2D eigenvalue weighted by Crippen LogP contribution is 2.34. The van der Waals surface area contributed by atoms with Gasteiger partial charge >= 0.3 is 0 Å². The molecule has 0 aliphatic rings. The fraction of sp³-hybridized carbons (Fsp3) is 0.459. The minimum absolute atomic E-state index is 0.415.